The molecular weight excluding hydrogens is 466 g/mol. The summed E-state index contributed by atoms with van der Waals surface area (Å²) in [5.74, 6) is 0. The number of thiophene rings is 1. The van der Waals surface area contributed by atoms with Crippen molar-refractivity contribution in [3.63, 3.8) is 0 Å². The van der Waals surface area contributed by atoms with E-state index in [2.05, 4.69) is 45.9 Å². The molecule has 4 aromatic rings. The Morgan fingerprint density at radius 2 is 2.21 bits per heavy atom. The van der Waals surface area contributed by atoms with Crippen LogP contribution in [-0.2, 0) is 11.5 Å². The van der Waals surface area contributed by atoms with Gasteiger partial charge in [0.1, 0.15) is 18.7 Å². The van der Waals surface area contributed by atoms with Gasteiger partial charge in [0, 0.05) is 42.9 Å². The van der Waals surface area contributed by atoms with Crippen molar-refractivity contribution in [2.45, 2.75) is 44.9 Å². The Kier molecular flexibility index (Phi) is 7.21. The first-order valence-electron chi connectivity index (χ1n) is 10.9. The van der Waals surface area contributed by atoms with E-state index >= 15 is 0 Å². The Bertz CT molecular complexity index is 1330. The smallest absolute Gasteiger partial charge is 0.145 e. The molecule has 0 fully saturated rings. The third kappa shape index (κ3) is 5.41. The van der Waals surface area contributed by atoms with E-state index in [1.54, 1.807) is 17.2 Å². The summed E-state index contributed by atoms with van der Waals surface area (Å²) in [6.45, 7) is 8.20. The number of hydrogen-bond acceptors (Lipinski definition) is 8. The molecule has 0 saturated heterocycles. The number of nitrogens with zero attached hydrogens (tertiary/aromatic N) is 7. The van der Waals surface area contributed by atoms with Crippen LogP contribution in [0.25, 0.3) is 22.3 Å². The lowest BCUT2D eigenvalue weighted by Gasteiger charge is -2.15. The predicted molar refractivity (Wildman–Crippen MR) is 135 cm³/mol. The van der Waals surface area contributed by atoms with Crippen LogP contribution >= 0.6 is 11.3 Å². The molecule has 1 unspecified atom stereocenters. The third-order valence-corrected chi connectivity index (χ3v) is 8.06. The Hall–Kier alpha value is -3.33. The summed E-state index contributed by atoms with van der Waals surface area (Å²) in [6.07, 6.45) is 8.83. The largest absolute Gasteiger partial charge is 0.411 e. The van der Waals surface area contributed by atoms with Crippen LogP contribution < -0.4 is 0 Å². The molecule has 34 heavy (non-hydrogen) atoms. The molecule has 4 rings (SSSR count). The molecule has 176 valence electrons. The van der Waals surface area contributed by atoms with Gasteiger partial charge in [0.15, 0.2) is 0 Å². The molecule has 0 spiro atoms. The van der Waals surface area contributed by atoms with Crippen LogP contribution in [0.5, 0.6) is 0 Å². The van der Waals surface area contributed by atoms with Gasteiger partial charge < -0.3 is 14.5 Å². The SMILES string of the molecule is C[Si](C)(C)CCOCn1ccc2c(-c3cnn(C(CC#N)c4csc(/C=N/O)c4)c3)ncnc21. The predicted octanol–water partition coefficient (Wildman–Crippen LogP) is 4.98. The lowest BCUT2D eigenvalue weighted by molar-refractivity contribution is 0.0899. The summed E-state index contributed by atoms with van der Waals surface area (Å²) in [5.41, 5.74) is 3.38. The zero-order valence-electron chi connectivity index (χ0n) is 19.4. The van der Waals surface area contributed by atoms with Crippen LogP contribution in [0.4, 0.5) is 0 Å². The maximum absolute atomic E-state index is 9.38. The standard InChI is InChI=1S/C23H27N7O2SSi/c1-34(2,3)9-8-32-16-29-7-5-20-22(25-15-26-23(20)29)18-11-27-30(13-18)21(4-6-24)17-10-19(12-28-31)33-14-17/h5,7,10-15,21,31H,4,8-9,16H2,1-3H3/b28-12+. The van der Waals surface area contributed by atoms with Crippen molar-refractivity contribution in [3.8, 4) is 17.3 Å². The molecule has 11 heteroatoms. The van der Waals surface area contributed by atoms with Crippen LogP contribution in [0, 0.1) is 11.3 Å². The second-order valence-corrected chi connectivity index (χ2v) is 15.8. The summed E-state index contributed by atoms with van der Waals surface area (Å²) in [5, 5.41) is 28.7. The minimum Gasteiger partial charge on any atom is -0.411 e. The van der Waals surface area contributed by atoms with E-state index in [1.807, 2.05) is 34.5 Å². The Balaban J connectivity index is 1.57. The number of hydrogen-bond donors (Lipinski definition) is 1. The summed E-state index contributed by atoms with van der Waals surface area (Å²) in [7, 11) is -1.13. The van der Waals surface area contributed by atoms with Crippen LogP contribution in [0.1, 0.15) is 22.9 Å². The summed E-state index contributed by atoms with van der Waals surface area (Å²) in [6, 6.07) is 7.01. The summed E-state index contributed by atoms with van der Waals surface area (Å²) < 4.78 is 9.68. The van der Waals surface area contributed by atoms with Gasteiger partial charge >= 0.3 is 0 Å². The number of nitriles is 1. The maximum atomic E-state index is 9.38. The van der Waals surface area contributed by atoms with Crippen molar-refractivity contribution >= 4 is 36.7 Å². The van der Waals surface area contributed by atoms with Crippen LogP contribution in [0.15, 0.2) is 47.6 Å². The van der Waals surface area contributed by atoms with Gasteiger partial charge in [0.05, 0.1) is 36.6 Å². The second-order valence-electron chi connectivity index (χ2n) is 9.21. The average Bonchev–Trinajstić information content (AvgIpc) is 3.55. The highest BCUT2D eigenvalue weighted by molar-refractivity contribution is 7.11. The molecule has 1 N–H and O–H groups in total. The van der Waals surface area contributed by atoms with E-state index in [1.165, 1.54) is 17.6 Å². The first-order valence-corrected chi connectivity index (χ1v) is 15.5. The van der Waals surface area contributed by atoms with Crippen molar-refractivity contribution in [3.05, 3.63) is 52.9 Å². The lowest BCUT2D eigenvalue weighted by atomic mass is 10.1. The van der Waals surface area contributed by atoms with Crippen LogP contribution in [0.2, 0.25) is 25.7 Å². The van der Waals surface area contributed by atoms with E-state index in [0.717, 1.165) is 45.4 Å². The van der Waals surface area contributed by atoms with Gasteiger partial charge in [-0.15, -0.1) is 11.3 Å². The van der Waals surface area contributed by atoms with Crippen molar-refractivity contribution < 1.29 is 9.94 Å². The second kappa shape index (κ2) is 10.3. The van der Waals surface area contributed by atoms with Crippen molar-refractivity contribution in [1.29, 1.82) is 5.26 Å². The van der Waals surface area contributed by atoms with Crippen molar-refractivity contribution in [1.82, 2.24) is 24.3 Å². The van der Waals surface area contributed by atoms with E-state index in [9.17, 15) is 5.26 Å². The third-order valence-electron chi connectivity index (χ3n) is 5.47. The highest BCUT2D eigenvalue weighted by Crippen LogP contribution is 2.30. The number of fused-ring (bicyclic) bond motifs is 1. The summed E-state index contributed by atoms with van der Waals surface area (Å²) in [4.78, 5) is 9.80. The van der Waals surface area contributed by atoms with Crippen LogP contribution in [0.3, 0.4) is 0 Å². The van der Waals surface area contributed by atoms with Gasteiger partial charge in [-0.1, -0.05) is 24.8 Å². The van der Waals surface area contributed by atoms with Gasteiger partial charge in [0.25, 0.3) is 0 Å². The quantitative estimate of drug-likeness (QED) is 0.110. The summed E-state index contributed by atoms with van der Waals surface area (Å²) >= 11 is 1.45. The number of oxime groups is 1. The van der Waals surface area contributed by atoms with Gasteiger partial charge in [-0.2, -0.15) is 10.4 Å². The van der Waals surface area contributed by atoms with E-state index in [4.69, 9.17) is 9.94 Å². The van der Waals surface area contributed by atoms with E-state index in [0.29, 0.717) is 6.73 Å². The highest BCUT2D eigenvalue weighted by Gasteiger charge is 2.19. The zero-order valence-corrected chi connectivity index (χ0v) is 21.2. The lowest BCUT2D eigenvalue weighted by Crippen LogP contribution is -2.22. The average molecular weight is 494 g/mol. The number of rotatable bonds is 10. The zero-order chi connectivity index (χ0) is 24.1. The molecule has 0 aromatic carbocycles. The number of aromatic nitrogens is 5. The van der Waals surface area contributed by atoms with Gasteiger partial charge in [-0.25, -0.2) is 9.97 Å². The molecule has 0 saturated carbocycles. The molecule has 4 aromatic heterocycles. The van der Waals surface area contributed by atoms with Crippen molar-refractivity contribution in [2.24, 2.45) is 5.16 Å². The maximum Gasteiger partial charge on any atom is 0.145 e. The van der Waals surface area contributed by atoms with Gasteiger partial charge in [0.2, 0.25) is 0 Å². The topological polar surface area (TPSA) is 114 Å². The Morgan fingerprint density at radius 3 is 2.97 bits per heavy atom. The fourth-order valence-corrected chi connectivity index (χ4v) is 5.19. The molecular formula is C23H27N7O2SSi. The molecule has 0 radical (unpaired) electrons. The molecule has 9 nitrogen and oxygen atoms in total. The first kappa shape index (κ1) is 23.8. The molecule has 0 aliphatic carbocycles. The Labute approximate surface area is 203 Å². The number of ether oxygens (including phenoxy) is 1. The molecule has 0 bridgehead atoms. The van der Waals surface area contributed by atoms with Crippen LogP contribution in [-0.4, -0.2) is 50.4 Å². The normalized spacial score (nSPS) is 13.0. The van der Waals surface area contributed by atoms with Gasteiger partial charge in [-0.05, 0) is 29.1 Å². The van der Waals surface area contributed by atoms with Gasteiger partial charge in [-0.3, -0.25) is 4.68 Å². The monoisotopic (exact) mass is 493 g/mol. The molecule has 4 heterocycles. The first-order chi connectivity index (χ1) is 16.4. The molecule has 0 amide bonds. The van der Waals surface area contributed by atoms with E-state index in [-0.39, 0.29) is 12.5 Å². The fraction of sp³-hybridized carbons (Fsp3) is 0.348. The Morgan fingerprint density at radius 1 is 1.35 bits per heavy atom. The minimum absolute atomic E-state index is 0.252. The minimum atomic E-state index is -1.13. The molecule has 0 aliphatic heterocycles. The van der Waals surface area contributed by atoms with Crippen molar-refractivity contribution in [2.75, 3.05) is 6.61 Å². The molecule has 1 atom stereocenters. The highest BCUT2D eigenvalue weighted by atomic mass is 32.1. The fourth-order valence-electron chi connectivity index (χ4n) is 3.63. The van der Waals surface area contributed by atoms with E-state index < -0.39 is 8.07 Å². The molecule has 0 aliphatic rings.